The predicted molar refractivity (Wildman–Crippen MR) is 128 cm³/mol. The highest BCUT2D eigenvalue weighted by molar-refractivity contribution is 5.76. The lowest BCUT2D eigenvalue weighted by Gasteiger charge is -2.49. The Balaban J connectivity index is 1.38. The summed E-state index contributed by atoms with van der Waals surface area (Å²) in [7, 11) is 0. The molecule has 4 nitrogen and oxygen atoms in total. The Morgan fingerprint density at radius 3 is 2.29 bits per heavy atom. The van der Waals surface area contributed by atoms with Crippen LogP contribution in [0.5, 0.6) is 0 Å². The van der Waals surface area contributed by atoms with Gasteiger partial charge in [0.2, 0.25) is 0 Å². The number of benzene rings is 2. The molecule has 2 saturated heterocycles. The van der Waals surface area contributed by atoms with E-state index in [1.54, 1.807) is 0 Å². The topological polar surface area (TPSA) is 47.1 Å². The smallest absolute Gasteiger partial charge is 0.106 e. The average Bonchev–Trinajstić information content (AvgIpc) is 3.26. The quantitative estimate of drug-likeness (QED) is 0.583. The van der Waals surface area contributed by atoms with Crippen LogP contribution in [-0.2, 0) is 0 Å². The summed E-state index contributed by atoms with van der Waals surface area (Å²) in [5.41, 5.74) is 10.2. The maximum atomic E-state index is 6.25. The fourth-order valence-corrected chi connectivity index (χ4v) is 6.74. The summed E-state index contributed by atoms with van der Waals surface area (Å²) < 4.78 is 2.53. The number of nitrogens with zero attached hydrogens (tertiary/aromatic N) is 3. The van der Waals surface area contributed by atoms with Crippen molar-refractivity contribution in [2.75, 3.05) is 6.54 Å². The third-order valence-corrected chi connectivity index (χ3v) is 7.85. The lowest BCUT2D eigenvalue weighted by atomic mass is 9.81. The molecule has 2 aliphatic heterocycles. The number of rotatable bonds is 6. The van der Waals surface area contributed by atoms with Crippen LogP contribution >= 0.6 is 0 Å². The van der Waals surface area contributed by atoms with E-state index in [0.717, 1.165) is 17.8 Å². The van der Waals surface area contributed by atoms with Crippen molar-refractivity contribution in [2.24, 2.45) is 5.73 Å². The fourth-order valence-electron chi connectivity index (χ4n) is 6.74. The van der Waals surface area contributed by atoms with Gasteiger partial charge in [0.15, 0.2) is 0 Å². The van der Waals surface area contributed by atoms with Gasteiger partial charge in [0.05, 0.1) is 11.0 Å². The highest BCUT2D eigenvalue weighted by Crippen LogP contribution is 2.47. The third kappa shape index (κ3) is 3.70. The molecule has 0 aliphatic carbocycles. The summed E-state index contributed by atoms with van der Waals surface area (Å²) >= 11 is 0. The van der Waals surface area contributed by atoms with E-state index in [-0.39, 0.29) is 5.54 Å². The molecule has 0 radical (unpaired) electrons. The number of piperidine rings is 1. The summed E-state index contributed by atoms with van der Waals surface area (Å²) in [5, 5.41) is 0. The highest BCUT2D eigenvalue weighted by Gasteiger charge is 2.48. The molecule has 2 unspecified atom stereocenters. The molecule has 0 saturated carbocycles. The van der Waals surface area contributed by atoms with Crippen LogP contribution < -0.4 is 5.73 Å². The molecule has 31 heavy (non-hydrogen) atoms. The Hall–Kier alpha value is -2.17. The third-order valence-electron chi connectivity index (χ3n) is 7.85. The maximum Gasteiger partial charge on any atom is 0.106 e. The minimum atomic E-state index is 0.142. The molecular weight excluding hydrogens is 380 g/mol. The number of hydrogen-bond donors (Lipinski definition) is 1. The van der Waals surface area contributed by atoms with Crippen molar-refractivity contribution in [1.82, 2.24) is 14.5 Å². The maximum absolute atomic E-state index is 6.25. The normalized spacial score (nSPS) is 25.2. The van der Waals surface area contributed by atoms with Gasteiger partial charge in [-0.15, -0.1) is 0 Å². The zero-order valence-electron chi connectivity index (χ0n) is 19.2. The van der Waals surface area contributed by atoms with Crippen LogP contribution in [0, 0.1) is 6.92 Å². The van der Waals surface area contributed by atoms with E-state index < -0.39 is 0 Å². The van der Waals surface area contributed by atoms with Gasteiger partial charge in [0, 0.05) is 23.7 Å². The monoisotopic (exact) mass is 416 g/mol. The molecule has 0 spiro atoms. The standard InChI is InChI=1S/C27H36N4/c1-19-29-25-11-7-8-12-26(25)30(19)24-15-22-13-14-23(16-24)31(22)27(2,3)17-21(18-28)20-9-5-4-6-10-20/h4-12,21-24H,13-18,28H2,1-3H3/t21?,22-,23+,24?. The Morgan fingerprint density at radius 1 is 0.968 bits per heavy atom. The molecule has 2 fully saturated rings. The van der Waals surface area contributed by atoms with Crippen LogP contribution in [-0.4, -0.2) is 38.6 Å². The van der Waals surface area contributed by atoms with Gasteiger partial charge in [0.25, 0.3) is 0 Å². The number of nitrogens with two attached hydrogens (primary N) is 1. The Bertz CT molecular complexity index is 1020. The van der Waals surface area contributed by atoms with Gasteiger partial charge in [-0.3, -0.25) is 4.90 Å². The number of hydrogen-bond acceptors (Lipinski definition) is 3. The van der Waals surface area contributed by atoms with Crippen molar-refractivity contribution >= 4 is 11.0 Å². The van der Waals surface area contributed by atoms with E-state index in [0.29, 0.717) is 30.6 Å². The second kappa shape index (κ2) is 8.07. The Labute approximate surface area is 186 Å². The summed E-state index contributed by atoms with van der Waals surface area (Å²) in [6.07, 6.45) is 6.18. The molecule has 3 aromatic rings. The van der Waals surface area contributed by atoms with E-state index in [9.17, 15) is 0 Å². The second-order valence-corrected chi connectivity index (χ2v) is 10.3. The van der Waals surface area contributed by atoms with Crippen LogP contribution in [0.1, 0.15) is 69.3 Å². The second-order valence-electron chi connectivity index (χ2n) is 10.3. The molecule has 4 atom stereocenters. The molecule has 164 valence electrons. The minimum Gasteiger partial charge on any atom is -0.330 e. The van der Waals surface area contributed by atoms with Crippen LogP contribution in [0.15, 0.2) is 54.6 Å². The molecule has 5 rings (SSSR count). The number of aromatic nitrogens is 2. The Morgan fingerprint density at radius 2 is 1.61 bits per heavy atom. The van der Waals surface area contributed by atoms with Crippen LogP contribution in [0.3, 0.4) is 0 Å². The molecule has 2 aliphatic rings. The van der Waals surface area contributed by atoms with Crippen molar-refractivity contribution in [3.05, 3.63) is 66.0 Å². The number of aryl methyl sites for hydroxylation is 1. The molecule has 0 amide bonds. The number of fused-ring (bicyclic) bond motifs is 3. The molecule has 2 N–H and O–H groups in total. The van der Waals surface area contributed by atoms with E-state index in [2.05, 4.69) is 84.8 Å². The number of imidazole rings is 1. The first-order valence-corrected chi connectivity index (χ1v) is 11.9. The predicted octanol–water partition coefficient (Wildman–Crippen LogP) is 5.42. The van der Waals surface area contributed by atoms with Crippen molar-refractivity contribution in [2.45, 2.75) is 82.5 Å². The highest BCUT2D eigenvalue weighted by atomic mass is 15.3. The summed E-state index contributed by atoms with van der Waals surface area (Å²) in [4.78, 5) is 7.71. The molecule has 3 heterocycles. The van der Waals surface area contributed by atoms with E-state index >= 15 is 0 Å². The van der Waals surface area contributed by atoms with Gasteiger partial charge in [-0.05, 0) is 83.0 Å². The molecule has 2 aromatic carbocycles. The lowest BCUT2D eigenvalue weighted by Crippen LogP contribution is -2.55. The van der Waals surface area contributed by atoms with Crippen LogP contribution in [0.2, 0.25) is 0 Å². The van der Waals surface area contributed by atoms with Crippen molar-refractivity contribution in [1.29, 1.82) is 0 Å². The largest absolute Gasteiger partial charge is 0.330 e. The van der Waals surface area contributed by atoms with Crippen molar-refractivity contribution in [3.63, 3.8) is 0 Å². The van der Waals surface area contributed by atoms with Gasteiger partial charge in [-0.2, -0.15) is 0 Å². The Kier molecular flexibility index (Phi) is 5.39. The van der Waals surface area contributed by atoms with Gasteiger partial charge in [-0.25, -0.2) is 4.98 Å². The SMILES string of the molecule is Cc1nc2ccccc2n1C1C[C@H]2CC[C@@H](C1)N2C(C)(C)CC(CN)c1ccccc1. The molecule has 4 heteroatoms. The lowest BCUT2D eigenvalue weighted by molar-refractivity contribution is 0.00670. The van der Waals surface area contributed by atoms with Crippen LogP contribution in [0.25, 0.3) is 11.0 Å². The number of para-hydroxylation sites is 2. The van der Waals surface area contributed by atoms with Gasteiger partial charge < -0.3 is 10.3 Å². The molecular formula is C27H36N4. The van der Waals surface area contributed by atoms with E-state index in [1.807, 2.05) is 0 Å². The summed E-state index contributed by atoms with van der Waals surface area (Å²) in [6, 6.07) is 21.3. The fraction of sp³-hybridized carbons (Fsp3) is 0.519. The van der Waals surface area contributed by atoms with Gasteiger partial charge in [0.1, 0.15) is 5.82 Å². The zero-order chi connectivity index (χ0) is 21.6. The van der Waals surface area contributed by atoms with E-state index in [1.165, 1.54) is 36.8 Å². The minimum absolute atomic E-state index is 0.142. The average molecular weight is 417 g/mol. The first-order valence-electron chi connectivity index (χ1n) is 11.9. The first-order chi connectivity index (χ1) is 15.0. The summed E-state index contributed by atoms with van der Waals surface area (Å²) in [6.45, 7) is 7.77. The first kappa shape index (κ1) is 20.7. The van der Waals surface area contributed by atoms with Crippen LogP contribution in [0.4, 0.5) is 0 Å². The van der Waals surface area contributed by atoms with Crippen molar-refractivity contribution < 1.29 is 0 Å². The van der Waals surface area contributed by atoms with Gasteiger partial charge >= 0.3 is 0 Å². The zero-order valence-corrected chi connectivity index (χ0v) is 19.2. The molecule has 2 bridgehead atoms. The van der Waals surface area contributed by atoms with Gasteiger partial charge in [-0.1, -0.05) is 42.5 Å². The van der Waals surface area contributed by atoms with E-state index in [4.69, 9.17) is 10.7 Å². The molecule has 1 aromatic heterocycles. The summed E-state index contributed by atoms with van der Waals surface area (Å²) in [5.74, 6) is 1.57. The van der Waals surface area contributed by atoms with Crippen molar-refractivity contribution in [3.8, 4) is 0 Å².